The fourth-order valence-corrected chi connectivity index (χ4v) is 4.95. The first-order valence-electron chi connectivity index (χ1n) is 7.25. The van der Waals surface area contributed by atoms with Gasteiger partial charge in [-0.3, -0.25) is 0 Å². The molecule has 1 N–H and O–H groups in total. The monoisotopic (exact) mass is 265 g/mol. The van der Waals surface area contributed by atoms with Gasteiger partial charge in [-0.25, -0.2) is 0 Å². The Morgan fingerprint density at radius 3 is 3.00 bits per heavy atom. The summed E-state index contributed by atoms with van der Waals surface area (Å²) in [5.74, 6) is 5.45. The maximum atomic E-state index is 5.99. The zero-order chi connectivity index (χ0) is 12.4. The minimum Gasteiger partial charge on any atom is -0.377 e. The van der Waals surface area contributed by atoms with Crippen molar-refractivity contribution >= 4 is 11.8 Å². The number of hydrogen-bond acceptors (Lipinski definition) is 3. The van der Waals surface area contributed by atoms with Gasteiger partial charge in [-0.05, 0) is 19.3 Å². The van der Waals surface area contributed by atoms with Gasteiger partial charge in [0, 0.05) is 36.3 Å². The minimum atomic E-state index is 0.498. The van der Waals surface area contributed by atoms with Crippen molar-refractivity contribution in [3.05, 3.63) is 0 Å². The molecule has 0 bridgehead atoms. The quantitative estimate of drug-likeness (QED) is 0.609. The van der Waals surface area contributed by atoms with Crippen LogP contribution in [0.4, 0.5) is 0 Å². The van der Waals surface area contributed by atoms with Crippen molar-refractivity contribution in [3.63, 3.8) is 0 Å². The number of fused-ring (bicyclic) bond motifs is 2. The molecule has 1 heterocycles. The zero-order valence-electron chi connectivity index (χ0n) is 11.0. The van der Waals surface area contributed by atoms with Gasteiger partial charge < -0.3 is 10.1 Å². The second-order valence-electron chi connectivity index (χ2n) is 5.87. The molecule has 0 aromatic heterocycles. The van der Waals surface area contributed by atoms with Crippen LogP contribution in [0.5, 0.6) is 0 Å². The predicted molar refractivity (Wildman–Crippen MR) is 76.7 cm³/mol. The second kappa shape index (κ2) is 5.45. The van der Waals surface area contributed by atoms with E-state index in [0.29, 0.717) is 11.5 Å². The molecule has 0 aromatic rings. The van der Waals surface area contributed by atoms with E-state index >= 15 is 0 Å². The Morgan fingerprint density at radius 2 is 2.22 bits per heavy atom. The first-order chi connectivity index (χ1) is 8.88. The van der Waals surface area contributed by atoms with Crippen LogP contribution in [0.15, 0.2) is 0 Å². The number of hydrogen-bond donors (Lipinski definition) is 1. The van der Waals surface area contributed by atoms with Crippen LogP contribution in [0, 0.1) is 23.7 Å². The highest BCUT2D eigenvalue weighted by Gasteiger charge is 2.64. The van der Waals surface area contributed by atoms with Crippen molar-refractivity contribution in [3.8, 4) is 12.3 Å². The summed E-state index contributed by atoms with van der Waals surface area (Å²) in [4.78, 5) is 0. The van der Waals surface area contributed by atoms with Gasteiger partial charge in [0.2, 0.25) is 0 Å². The molecule has 3 rings (SSSR count). The summed E-state index contributed by atoms with van der Waals surface area (Å²) in [7, 11) is 0. The summed E-state index contributed by atoms with van der Waals surface area (Å²) in [6, 6.07) is 0.721. The molecule has 3 fully saturated rings. The second-order valence-corrected chi connectivity index (χ2v) is 6.98. The molecule has 0 amide bonds. The number of terminal acetylenes is 1. The van der Waals surface area contributed by atoms with Crippen LogP contribution in [0.3, 0.4) is 0 Å². The molecule has 1 aliphatic heterocycles. The Bertz CT molecular complexity index is 332. The van der Waals surface area contributed by atoms with Gasteiger partial charge in [-0.1, -0.05) is 18.8 Å². The van der Waals surface area contributed by atoms with Gasteiger partial charge in [0.15, 0.2) is 0 Å². The average molecular weight is 265 g/mol. The predicted octanol–water partition coefficient (Wildman–Crippen LogP) is 2.29. The first-order valence-corrected chi connectivity index (χ1v) is 8.40. The number of ether oxygens (including phenoxy) is 1. The number of nitrogens with one attached hydrogen (secondary N) is 1. The summed E-state index contributed by atoms with van der Waals surface area (Å²) in [6.45, 7) is 2.09. The van der Waals surface area contributed by atoms with Gasteiger partial charge in [0.1, 0.15) is 0 Å². The molecule has 0 aromatic carbocycles. The molecule has 2 nitrogen and oxygen atoms in total. The molecular weight excluding hydrogens is 242 g/mol. The topological polar surface area (TPSA) is 21.3 Å². The van der Waals surface area contributed by atoms with Crippen molar-refractivity contribution in [2.24, 2.45) is 11.3 Å². The molecule has 2 aliphatic carbocycles. The molecule has 0 unspecified atom stereocenters. The van der Waals surface area contributed by atoms with E-state index in [2.05, 4.69) is 11.2 Å². The minimum absolute atomic E-state index is 0.498. The van der Waals surface area contributed by atoms with Crippen LogP contribution in [0.25, 0.3) is 0 Å². The Morgan fingerprint density at radius 1 is 1.39 bits per heavy atom. The lowest BCUT2D eigenvalue weighted by Gasteiger charge is -2.57. The van der Waals surface area contributed by atoms with Gasteiger partial charge in [0.05, 0.1) is 11.9 Å². The van der Waals surface area contributed by atoms with Crippen molar-refractivity contribution in [1.29, 1.82) is 0 Å². The summed E-state index contributed by atoms with van der Waals surface area (Å²) >= 11 is 1.86. The summed E-state index contributed by atoms with van der Waals surface area (Å²) < 4.78 is 5.99. The Hall–Kier alpha value is -0.170. The van der Waals surface area contributed by atoms with Crippen LogP contribution in [0.1, 0.15) is 32.1 Å². The number of rotatable bonds is 5. The largest absolute Gasteiger partial charge is 0.377 e. The summed E-state index contributed by atoms with van der Waals surface area (Å²) in [5, 5.41) is 3.81. The van der Waals surface area contributed by atoms with E-state index < -0.39 is 0 Å². The lowest BCUT2D eigenvalue weighted by atomic mass is 9.54. The average Bonchev–Trinajstić information content (AvgIpc) is 3.01. The highest BCUT2D eigenvalue weighted by atomic mass is 32.2. The third kappa shape index (κ3) is 1.99. The number of thioether (sulfide) groups is 1. The Labute approximate surface area is 115 Å². The van der Waals surface area contributed by atoms with E-state index in [-0.39, 0.29) is 0 Å². The third-order valence-corrected chi connectivity index (χ3v) is 5.95. The zero-order valence-corrected chi connectivity index (χ0v) is 11.8. The van der Waals surface area contributed by atoms with Crippen molar-refractivity contribution in [2.45, 2.75) is 44.2 Å². The molecule has 0 radical (unpaired) electrons. The Balaban J connectivity index is 1.52. The molecule has 2 saturated carbocycles. The van der Waals surface area contributed by atoms with Crippen molar-refractivity contribution in [2.75, 3.05) is 24.7 Å². The van der Waals surface area contributed by atoms with Gasteiger partial charge in [-0.2, -0.15) is 0 Å². The molecule has 3 heteroatoms. The smallest absolute Gasteiger partial charge is 0.0690 e. The molecule has 1 spiro atoms. The maximum absolute atomic E-state index is 5.99. The van der Waals surface area contributed by atoms with Crippen molar-refractivity contribution in [1.82, 2.24) is 5.32 Å². The van der Waals surface area contributed by atoms with Gasteiger partial charge in [0.25, 0.3) is 0 Å². The lowest BCUT2D eigenvalue weighted by Crippen LogP contribution is -2.67. The standard InChI is InChI=1S/C15H23NOS/c1-2-10-18-11-8-16-13-12-5-9-17-14(12)15(13)6-3-4-7-15/h1,12-14,16H,3-11H2/t12-,13-,14-/m1/s1. The molecular formula is C15H23NOS. The highest BCUT2D eigenvalue weighted by Crippen LogP contribution is 2.60. The van der Waals surface area contributed by atoms with E-state index in [1.54, 1.807) is 0 Å². The van der Waals surface area contributed by atoms with Crippen molar-refractivity contribution < 1.29 is 4.74 Å². The SMILES string of the molecule is C#CCSCCN[C@@H]1[C@H]2CCO[C@H]2C12CCCC2. The summed E-state index contributed by atoms with van der Waals surface area (Å²) in [6.07, 6.45) is 12.7. The van der Waals surface area contributed by atoms with Crippen LogP contribution in [0.2, 0.25) is 0 Å². The molecule has 1 saturated heterocycles. The normalized spacial score (nSPS) is 36.3. The fraction of sp³-hybridized carbons (Fsp3) is 0.867. The lowest BCUT2D eigenvalue weighted by molar-refractivity contribution is -0.129. The first kappa shape index (κ1) is 12.8. The van der Waals surface area contributed by atoms with E-state index in [9.17, 15) is 0 Å². The highest BCUT2D eigenvalue weighted by molar-refractivity contribution is 7.99. The molecule has 18 heavy (non-hydrogen) atoms. The maximum Gasteiger partial charge on any atom is 0.0690 e. The van der Waals surface area contributed by atoms with E-state index in [4.69, 9.17) is 11.2 Å². The molecule has 100 valence electrons. The summed E-state index contributed by atoms with van der Waals surface area (Å²) in [5.41, 5.74) is 0.498. The van der Waals surface area contributed by atoms with Gasteiger partial charge in [-0.15, -0.1) is 18.2 Å². The van der Waals surface area contributed by atoms with Crippen LogP contribution in [-0.2, 0) is 4.74 Å². The third-order valence-electron chi connectivity index (χ3n) is 5.08. The van der Waals surface area contributed by atoms with Crippen LogP contribution in [-0.4, -0.2) is 36.8 Å². The van der Waals surface area contributed by atoms with Crippen LogP contribution < -0.4 is 5.32 Å². The van der Waals surface area contributed by atoms with E-state index in [1.165, 1.54) is 32.1 Å². The van der Waals surface area contributed by atoms with Gasteiger partial charge >= 0.3 is 0 Å². The molecule has 3 atom stereocenters. The Kier molecular flexibility index (Phi) is 3.89. The van der Waals surface area contributed by atoms with E-state index in [0.717, 1.165) is 36.6 Å². The fourth-order valence-electron chi connectivity index (χ4n) is 4.43. The molecule has 3 aliphatic rings. The van der Waals surface area contributed by atoms with Crippen LogP contribution >= 0.6 is 11.8 Å². The van der Waals surface area contributed by atoms with E-state index in [1.807, 2.05) is 11.8 Å².